The van der Waals surface area contributed by atoms with E-state index in [2.05, 4.69) is 49.1 Å². The summed E-state index contributed by atoms with van der Waals surface area (Å²) in [7, 11) is 0. The summed E-state index contributed by atoms with van der Waals surface area (Å²) >= 11 is 0. The molecule has 1 aromatic rings. The van der Waals surface area contributed by atoms with Crippen LogP contribution in [0.5, 0.6) is 0 Å². The van der Waals surface area contributed by atoms with Crippen molar-refractivity contribution in [2.24, 2.45) is 5.73 Å². The fourth-order valence-electron chi connectivity index (χ4n) is 1.57. The van der Waals surface area contributed by atoms with E-state index in [0.717, 1.165) is 12.2 Å². The van der Waals surface area contributed by atoms with Crippen LogP contribution in [0.15, 0.2) is 24.3 Å². The second-order valence-electron chi connectivity index (χ2n) is 4.38. The van der Waals surface area contributed by atoms with Crippen LogP contribution in [0, 0.1) is 18.3 Å². The van der Waals surface area contributed by atoms with Crippen LogP contribution in [0.25, 0.3) is 0 Å². The van der Waals surface area contributed by atoms with Crippen LogP contribution < -0.4 is 10.6 Å². The smallest absolute Gasteiger partial charge is 0.119 e. The molecule has 16 heavy (non-hydrogen) atoms. The van der Waals surface area contributed by atoms with E-state index >= 15 is 0 Å². The molecule has 3 nitrogen and oxygen atoms in total. The van der Waals surface area contributed by atoms with Gasteiger partial charge in [0.15, 0.2) is 0 Å². The summed E-state index contributed by atoms with van der Waals surface area (Å²) in [5.74, 6) is 0. The predicted octanol–water partition coefficient (Wildman–Crippen LogP) is 2.06. The molecule has 1 unspecified atom stereocenters. The molecule has 86 valence electrons. The van der Waals surface area contributed by atoms with Gasteiger partial charge >= 0.3 is 0 Å². The van der Waals surface area contributed by atoms with Crippen LogP contribution in [0.4, 0.5) is 5.69 Å². The van der Waals surface area contributed by atoms with Crippen LogP contribution >= 0.6 is 0 Å². The van der Waals surface area contributed by atoms with E-state index in [4.69, 9.17) is 11.0 Å². The van der Waals surface area contributed by atoms with Crippen LogP contribution in [0.3, 0.4) is 0 Å². The number of nitriles is 1. The third kappa shape index (κ3) is 3.25. The highest BCUT2D eigenvalue weighted by atomic mass is 15.1. The molecule has 1 atom stereocenters. The fraction of sp³-hybridized carbons (Fsp3) is 0.462. The monoisotopic (exact) mass is 217 g/mol. The van der Waals surface area contributed by atoms with Gasteiger partial charge in [-0.15, -0.1) is 0 Å². The Morgan fingerprint density at radius 2 is 1.94 bits per heavy atom. The maximum atomic E-state index is 8.93. The van der Waals surface area contributed by atoms with Gasteiger partial charge in [0, 0.05) is 18.8 Å². The zero-order chi connectivity index (χ0) is 12.2. The highest BCUT2D eigenvalue weighted by Crippen LogP contribution is 2.16. The first-order valence-corrected chi connectivity index (χ1v) is 5.50. The zero-order valence-electron chi connectivity index (χ0n) is 10.2. The number of aryl methyl sites for hydroxylation is 1. The number of nitrogens with two attached hydrogens (primary N) is 1. The average molecular weight is 217 g/mol. The van der Waals surface area contributed by atoms with Crippen molar-refractivity contribution in [1.82, 2.24) is 0 Å². The molecule has 0 bridgehead atoms. The van der Waals surface area contributed by atoms with E-state index in [9.17, 15) is 0 Å². The van der Waals surface area contributed by atoms with Gasteiger partial charge in [0.1, 0.15) is 5.54 Å². The van der Waals surface area contributed by atoms with Crippen molar-refractivity contribution in [2.45, 2.75) is 26.3 Å². The first-order chi connectivity index (χ1) is 7.48. The van der Waals surface area contributed by atoms with Crippen molar-refractivity contribution >= 4 is 5.69 Å². The third-order valence-corrected chi connectivity index (χ3v) is 2.56. The highest BCUT2D eigenvalue weighted by molar-refractivity contribution is 5.48. The Bertz CT molecular complexity index is 373. The topological polar surface area (TPSA) is 53.0 Å². The minimum Gasteiger partial charge on any atom is -0.369 e. The summed E-state index contributed by atoms with van der Waals surface area (Å²) in [6.07, 6.45) is 0. The van der Waals surface area contributed by atoms with Gasteiger partial charge in [-0.3, -0.25) is 0 Å². The number of benzene rings is 1. The normalized spacial score (nSPS) is 13.9. The summed E-state index contributed by atoms with van der Waals surface area (Å²) in [4.78, 5) is 2.11. The van der Waals surface area contributed by atoms with E-state index in [-0.39, 0.29) is 0 Å². The van der Waals surface area contributed by atoms with Crippen molar-refractivity contribution in [3.05, 3.63) is 29.8 Å². The number of rotatable bonds is 4. The first kappa shape index (κ1) is 12.5. The van der Waals surface area contributed by atoms with Gasteiger partial charge in [0.05, 0.1) is 6.07 Å². The zero-order valence-corrected chi connectivity index (χ0v) is 10.2. The van der Waals surface area contributed by atoms with Crippen molar-refractivity contribution in [3.63, 3.8) is 0 Å². The molecule has 2 N–H and O–H groups in total. The molecular formula is C13H19N3. The maximum absolute atomic E-state index is 8.93. The van der Waals surface area contributed by atoms with Gasteiger partial charge in [-0.25, -0.2) is 0 Å². The molecule has 0 spiro atoms. The number of anilines is 1. The van der Waals surface area contributed by atoms with Crippen molar-refractivity contribution in [2.75, 3.05) is 18.0 Å². The molecule has 0 aliphatic carbocycles. The summed E-state index contributed by atoms with van der Waals surface area (Å²) in [5, 5.41) is 8.93. The Morgan fingerprint density at radius 3 is 2.38 bits per heavy atom. The van der Waals surface area contributed by atoms with E-state index in [0.29, 0.717) is 6.54 Å². The van der Waals surface area contributed by atoms with Crippen molar-refractivity contribution in [1.29, 1.82) is 5.26 Å². The molecule has 0 aliphatic heterocycles. The molecule has 3 heteroatoms. The van der Waals surface area contributed by atoms with Crippen LogP contribution in [0.2, 0.25) is 0 Å². The summed E-state index contributed by atoms with van der Waals surface area (Å²) < 4.78 is 0. The second-order valence-corrected chi connectivity index (χ2v) is 4.38. The summed E-state index contributed by atoms with van der Waals surface area (Å²) in [6, 6.07) is 10.4. The Hall–Kier alpha value is -1.53. The SMILES string of the molecule is CCN(CC(C)(N)C#N)c1ccc(C)cc1. The lowest BCUT2D eigenvalue weighted by Crippen LogP contribution is -2.46. The fourth-order valence-corrected chi connectivity index (χ4v) is 1.57. The Balaban J connectivity index is 2.84. The van der Waals surface area contributed by atoms with Gasteiger partial charge < -0.3 is 10.6 Å². The molecule has 0 aromatic heterocycles. The molecule has 1 aromatic carbocycles. The first-order valence-electron chi connectivity index (χ1n) is 5.50. The second kappa shape index (κ2) is 5.00. The van der Waals surface area contributed by atoms with E-state index in [1.165, 1.54) is 5.56 Å². The molecule has 0 fully saturated rings. The van der Waals surface area contributed by atoms with E-state index in [1.807, 2.05) is 0 Å². The van der Waals surface area contributed by atoms with Crippen molar-refractivity contribution in [3.8, 4) is 6.07 Å². The summed E-state index contributed by atoms with van der Waals surface area (Å²) in [5.41, 5.74) is 7.40. The number of likely N-dealkylation sites (N-methyl/N-ethyl adjacent to an activating group) is 1. The van der Waals surface area contributed by atoms with Gasteiger partial charge in [-0.05, 0) is 32.9 Å². The lowest BCUT2D eigenvalue weighted by Gasteiger charge is -2.29. The Labute approximate surface area is 97.5 Å². The maximum Gasteiger partial charge on any atom is 0.119 e. The lowest BCUT2D eigenvalue weighted by molar-refractivity contribution is 0.578. The van der Waals surface area contributed by atoms with E-state index < -0.39 is 5.54 Å². The molecule has 0 radical (unpaired) electrons. The molecular weight excluding hydrogens is 198 g/mol. The standard InChI is InChI=1S/C13H19N3/c1-4-16(10-13(3,15)9-14)12-7-5-11(2)6-8-12/h5-8H,4,10,15H2,1-3H3. The van der Waals surface area contributed by atoms with Crippen LogP contribution in [-0.4, -0.2) is 18.6 Å². The molecule has 1 rings (SSSR count). The molecule has 0 aliphatic rings. The molecule has 0 amide bonds. The third-order valence-electron chi connectivity index (χ3n) is 2.56. The number of hydrogen-bond acceptors (Lipinski definition) is 3. The highest BCUT2D eigenvalue weighted by Gasteiger charge is 2.21. The Morgan fingerprint density at radius 1 is 1.38 bits per heavy atom. The molecule has 0 saturated carbocycles. The quantitative estimate of drug-likeness (QED) is 0.840. The number of hydrogen-bond donors (Lipinski definition) is 1. The lowest BCUT2D eigenvalue weighted by atomic mass is 10.1. The van der Waals surface area contributed by atoms with Gasteiger partial charge in [0.2, 0.25) is 0 Å². The van der Waals surface area contributed by atoms with Crippen LogP contribution in [-0.2, 0) is 0 Å². The largest absolute Gasteiger partial charge is 0.369 e. The molecule has 0 heterocycles. The van der Waals surface area contributed by atoms with Gasteiger partial charge in [-0.1, -0.05) is 17.7 Å². The van der Waals surface area contributed by atoms with E-state index in [1.54, 1.807) is 6.92 Å². The minimum absolute atomic E-state index is 0.545. The Kier molecular flexibility index (Phi) is 3.92. The van der Waals surface area contributed by atoms with Gasteiger partial charge in [0.25, 0.3) is 0 Å². The average Bonchev–Trinajstić information content (AvgIpc) is 2.27. The van der Waals surface area contributed by atoms with Crippen molar-refractivity contribution < 1.29 is 0 Å². The predicted molar refractivity (Wildman–Crippen MR) is 67.3 cm³/mol. The van der Waals surface area contributed by atoms with Crippen LogP contribution in [0.1, 0.15) is 19.4 Å². The van der Waals surface area contributed by atoms with Gasteiger partial charge in [-0.2, -0.15) is 5.26 Å². The minimum atomic E-state index is -0.805. The molecule has 0 saturated heterocycles. The summed E-state index contributed by atoms with van der Waals surface area (Å²) in [6.45, 7) is 7.26. The number of nitrogens with zero attached hydrogens (tertiary/aromatic N) is 2.